The molecule has 0 saturated heterocycles. The van der Waals surface area contributed by atoms with Crippen LogP contribution in [0.2, 0.25) is 0 Å². The number of carboxylic acid groups (broad SMARTS) is 1. The molecule has 23 heavy (non-hydrogen) atoms. The number of nitrogens with one attached hydrogen (secondary N) is 1. The summed E-state index contributed by atoms with van der Waals surface area (Å²) in [5.41, 5.74) is 1.78. The number of amides is 1. The number of ether oxygens (including phenoxy) is 1. The Bertz CT molecular complexity index is 748. The van der Waals surface area contributed by atoms with Crippen LogP contribution in [0.1, 0.15) is 25.3 Å². The van der Waals surface area contributed by atoms with E-state index in [1.54, 1.807) is 20.2 Å². The van der Waals surface area contributed by atoms with Crippen LogP contribution in [0.4, 0.5) is 0 Å². The first-order valence-corrected chi connectivity index (χ1v) is 7.69. The van der Waals surface area contributed by atoms with E-state index in [1.807, 2.05) is 18.2 Å². The van der Waals surface area contributed by atoms with Crippen molar-refractivity contribution < 1.29 is 19.4 Å². The second kappa shape index (κ2) is 5.95. The molecule has 1 aromatic carbocycles. The summed E-state index contributed by atoms with van der Waals surface area (Å²) in [5.74, 6) is -0.388. The first kappa shape index (κ1) is 15.4. The van der Waals surface area contributed by atoms with Gasteiger partial charge in [-0.3, -0.25) is 4.79 Å². The zero-order valence-electron chi connectivity index (χ0n) is 13.2. The lowest BCUT2D eigenvalue weighted by Gasteiger charge is -2.26. The molecule has 0 aliphatic heterocycles. The van der Waals surface area contributed by atoms with Crippen LogP contribution in [-0.4, -0.2) is 46.1 Å². The highest BCUT2D eigenvalue weighted by Gasteiger charge is 2.38. The van der Waals surface area contributed by atoms with Crippen LogP contribution in [0.3, 0.4) is 0 Å². The van der Waals surface area contributed by atoms with Crippen molar-refractivity contribution in [3.8, 4) is 5.75 Å². The minimum atomic E-state index is -0.967. The van der Waals surface area contributed by atoms with E-state index in [1.165, 1.54) is 4.90 Å². The standard InChI is InChI=1S/C17H20N2O4/c1-10(17(21)22)19(12-3-4-12)16(20)7-11-9-18-15-6-5-13(23-2)8-14(11)15/h5-6,8-10,12,18H,3-4,7H2,1-2H3,(H,21,22). The normalized spacial score (nSPS) is 15.4. The summed E-state index contributed by atoms with van der Waals surface area (Å²) in [6.07, 6.45) is 3.75. The molecule has 1 saturated carbocycles. The van der Waals surface area contributed by atoms with E-state index in [0.29, 0.717) is 0 Å². The SMILES string of the molecule is COc1ccc2[nH]cc(CC(=O)N(C3CC3)C(C)C(=O)O)c2c1. The number of carboxylic acids is 1. The predicted molar refractivity (Wildman–Crippen MR) is 85.5 cm³/mol. The van der Waals surface area contributed by atoms with Crippen molar-refractivity contribution in [1.82, 2.24) is 9.88 Å². The quantitative estimate of drug-likeness (QED) is 0.856. The third-order valence-electron chi connectivity index (χ3n) is 4.32. The molecule has 1 aromatic heterocycles. The Balaban J connectivity index is 1.85. The summed E-state index contributed by atoms with van der Waals surface area (Å²) >= 11 is 0. The first-order chi connectivity index (χ1) is 11.0. The van der Waals surface area contributed by atoms with Crippen molar-refractivity contribution in [1.29, 1.82) is 0 Å². The smallest absolute Gasteiger partial charge is 0.326 e. The van der Waals surface area contributed by atoms with Crippen LogP contribution in [0.15, 0.2) is 24.4 Å². The number of aromatic nitrogens is 1. The van der Waals surface area contributed by atoms with Crippen LogP contribution in [0.25, 0.3) is 10.9 Å². The minimum Gasteiger partial charge on any atom is -0.497 e. The van der Waals surface area contributed by atoms with E-state index in [2.05, 4.69) is 4.98 Å². The molecule has 1 fully saturated rings. The van der Waals surface area contributed by atoms with E-state index >= 15 is 0 Å². The molecule has 1 atom stereocenters. The highest BCUT2D eigenvalue weighted by atomic mass is 16.5. The summed E-state index contributed by atoms with van der Waals surface area (Å²) in [5, 5.41) is 10.2. The summed E-state index contributed by atoms with van der Waals surface area (Å²) < 4.78 is 5.23. The van der Waals surface area contributed by atoms with Gasteiger partial charge in [-0.05, 0) is 43.5 Å². The molecule has 2 N–H and O–H groups in total. The Morgan fingerprint density at radius 1 is 1.43 bits per heavy atom. The second-order valence-corrected chi connectivity index (χ2v) is 5.95. The van der Waals surface area contributed by atoms with Crippen LogP contribution in [0, 0.1) is 0 Å². The molecular weight excluding hydrogens is 296 g/mol. The van der Waals surface area contributed by atoms with Gasteiger partial charge in [-0.1, -0.05) is 0 Å². The van der Waals surface area contributed by atoms with E-state index in [-0.39, 0.29) is 18.4 Å². The van der Waals surface area contributed by atoms with Gasteiger partial charge in [0.2, 0.25) is 5.91 Å². The van der Waals surface area contributed by atoms with Crippen LogP contribution < -0.4 is 4.74 Å². The Kier molecular flexibility index (Phi) is 3.98. The Hall–Kier alpha value is -2.50. The lowest BCUT2D eigenvalue weighted by atomic mass is 10.1. The fraction of sp³-hybridized carbons (Fsp3) is 0.412. The second-order valence-electron chi connectivity index (χ2n) is 5.95. The predicted octanol–water partition coefficient (Wildman–Crippen LogP) is 2.18. The number of rotatable bonds is 6. The van der Waals surface area contributed by atoms with Crippen molar-refractivity contribution >= 4 is 22.8 Å². The maximum absolute atomic E-state index is 12.7. The van der Waals surface area contributed by atoms with Crippen molar-refractivity contribution in [2.75, 3.05) is 7.11 Å². The lowest BCUT2D eigenvalue weighted by molar-refractivity contribution is -0.149. The zero-order chi connectivity index (χ0) is 16.6. The zero-order valence-corrected chi connectivity index (χ0v) is 13.2. The average Bonchev–Trinajstić information content (AvgIpc) is 3.28. The monoisotopic (exact) mass is 316 g/mol. The molecule has 3 rings (SSSR count). The molecule has 1 heterocycles. The summed E-state index contributed by atoms with van der Waals surface area (Å²) in [6, 6.07) is 4.91. The topological polar surface area (TPSA) is 82.6 Å². The average molecular weight is 316 g/mol. The third kappa shape index (κ3) is 3.02. The Labute approximate surface area is 134 Å². The third-order valence-corrected chi connectivity index (χ3v) is 4.32. The fourth-order valence-electron chi connectivity index (χ4n) is 2.89. The number of carbonyl (C=O) groups is 2. The highest BCUT2D eigenvalue weighted by Crippen LogP contribution is 2.30. The number of carbonyl (C=O) groups excluding carboxylic acids is 1. The molecule has 2 aromatic rings. The lowest BCUT2D eigenvalue weighted by Crippen LogP contribution is -2.45. The van der Waals surface area contributed by atoms with Gasteiger partial charge in [-0.25, -0.2) is 4.79 Å². The summed E-state index contributed by atoms with van der Waals surface area (Å²) in [6.45, 7) is 1.57. The molecule has 0 spiro atoms. The number of H-pyrrole nitrogens is 1. The molecule has 1 unspecified atom stereocenters. The van der Waals surface area contributed by atoms with Gasteiger partial charge in [0.25, 0.3) is 0 Å². The number of fused-ring (bicyclic) bond motifs is 1. The number of hydrogen-bond donors (Lipinski definition) is 2. The van der Waals surface area contributed by atoms with Gasteiger partial charge in [-0.15, -0.1) is 0 Å². The maximum Gasteiger partial charge on any atom is 0.326 e. The number of nitrogens with zero attached hydrogens (tertiary/aromatic N) is 1. The molecule has 1 aliphatic rings. The van der Waals surface area contributed by atoms with Gasteiger partial charge >= 0.3 is 5.97 Å². The molecular formula is C17H20N2O4. The van der Waals surface area contributed by atoms with Gasteiger partial charge in [0.1, 0.15) is 11.8 Å². The van der Waals surface area contributed by atoms with Crippen molar-refractivity contribution in [2.24, 2.45) is 0 Å². The van der Waals surface area contributed by atoms with Gasteiger partial charge in [0, 0.05) is 23.1 Å². The Morgan fingerprint density at radius 3 is 2.78 bits per heavy atom. The molecule has 6 nitrogen and oxygen atoms in total. The number of hydrogen-bond acceptors (Lipinski definition) is 3. The number of aromatic amines is 1. The summed E-state index contributed by atoms with van der Waals surface area (Å²) in [4.78, 5) is 28.6. The molecule has 6 heteroatoms. The highest BCUT2D eigenvalue weighted by molar-refractivity contribution is 5.91. The molecule has 122 valence electrons. The minimum absolute atomic E-state index is 0.0633. The molecule has 1 amide bonds. The number of methoxy groups -OCH3 is 1. The molecule has 0 radical (unpaired) electrons. The Morgan fingerprint density at radius 2 is 2.17 bits per heavy atom. The maximum atomic E-state index is 12.7. The molecule has 1 aliphatic carbocycles. The fourth-order valence-corrected chi connectivity index (χ4v) is 2.89. The first-order valence-electron chi connectivity index (χ1n) is 7.69. The van der Waals surface area contributed by atoms with E-state index in [0.717, 1.165) is 35.1 Å². The summed E-state index contributed by atoms with van der Waals surface area (Å²) in [7, 11) is 1.60. The van der Waals surface area contributed by atoms with Gasteiger partial charge < -0.3 is 19.7 Å². The van der Waals surface area contributed by atoms with E-state index in [4.69, 9.17) is 4.74 Å². The number of aliphatic carboxylic acids is 1. The van der Waals surface area contributed by atoms with E-state index in [9.17, 15) is 14.7 Å². The van der Waals surface area contributed by atoms with Crippen LogP contribution in [0.5, 0.6) is 5.75 Å². The van der Waals surface area contributed by atoms with E-state index < -0.39 is 12.0 Å². The van der Waals surface area contributed by atoms with Crippen molar-refractivity contribution in [2.45, 2.75) is 38.3 Å². The van der Waals surface area contributed by atoms with Crippen LogP contribution >= 0.6 is 0 Å². The van der Waals surface area contributed by atoms with Gasteiger partial charge in [0.15, 0.2) is 0 Å². The van der Waals surface area contributed by atoms with Crippen molar-refractivity contribution in [3.63, 3.8) is 0 Å². The van der Waals surface area contributed by atoms with Crippen molar-refractivity contribution in [3.05, 3.63) is 30.0 Å². The van der Waals surface area contributed by atoms with Crippen LogP contribution in [-0.2, 0) is 16.0 Å². The van der Waals surface area contributed by atoms with Gasteiger partial charge in [0.05, 0.1) is 13.5 Å². The number of benzene rings is 1. The molecule has 0 bridgehead atoms. The largest absolute Gasteiger partial charge is 0.497 e. The van der Waals surface area contributed by atoms with Gasteiger partial charge in [-0.2, -0.15) is 0 Å².